The molecule has 6 rings (SSSR count). The molecule has 4 aromatic carbocycles. The van der Waals surface area contributed by atoms with Crippen LogP contribution in [0.15, 0.2) is 120 Å². The molecule has 0 aliphatic carbocycles. The Morgan fingerprint density at radius 1 is 0.885 bits per heavy atom. The number of unbranched alkanes of at least 4 members (excludes halogenated alkanes) is 4. The maximum Gasteiger partial charge on any atom is 0.472 e. The first kappa shape index (κ1) is 45.9. The SMILES string of the molecule is C[S+]([O-])c1ccc(-c2nc(-c3ccn(Cc4ccc(C(O)CNCCCCCCOCCCCc5ccccc5)cc4OCOP(=O)(O)O)c3)c(-c3ccc(F)cc3)[nH]2)cc1. The fourth-order valence-electron chi connectivity index (χ4n) is 6.87. The average molecular weight is 873 g/mol. The molecule has 2 heterocycles. The van der Waals surface area contributed by atoms with Crippen LogP contribution < -0.4 is 10.1 Å². The van der Waals surface area contributed by atoms with E-state index in [0.29, 0.717) is 52.1 Å². The van der Waals surface area contributed by atoms with Gasteiger partial charge in [0.15, 0.2) is 11.7 Å². The van der Waals surface area contributed by atoms with Crippen molar-refractivity contribution >= 4 is 19.0 Å². The lowest BCUT2D eigenvalue weighted by atomic mass is 10.1. The average Bonchev–Trinajstić information content (AvgIpc) is 3.91. The molecule has 0 fully saturated rings. The summed E-state index contributed by atoms with van der Waals surface area (Å²) in [6, 6.07) is 31.1. The van der Waals surface area contributed by atoms with Gasteiger partial charge >= 0.3 is 7.82 Å². The molecule has 324 valence electrons. The number of hydrogen-bond acceptors (Lipinski definition) is 8. The van der Waals surface area contributed by atoms with Crippen LogP contribution in [0.4, 0.5) is 4.39 Å². The Labute approximate surface area is 359 Å². The van der Waals surface area contributed by atoms with Gasteiger partial charge in [-0.1, -0.05) is 55.3 Å². The van der Waals surface area contributed by atoms with Crippen molar-refractivity contribution in [1.82, 2.24) is 19.9 Å². The van der Waals surface area contributed by atoms with Gasteiger partial charge in [0.1, 0.15) is 23.6 Å². The van der Waals surface area contributed by atoms with E-state index in [9.17, 15) is 28.4 Å². The molecule has 2 aromatic heterocycles. The first-order valence-corrected chi connectivity index (χ1v) is 23.5. The first-order valence-electron chi connectivity index (χ1n) is 20.4. The Balaban J connectivity index is 1.04. The van der Waals surface area contributed by atoms with Crippen molar-refractivity contribution < 1.29 is 42.4 Å². The number of nitrogens with zero attached hydrogens (tertiary/aromatic N) is 2. The van der Waals surface area contributed by atoms with Crippen molar-refractivity contribution in [2.45, 2.75) is 62.5 Å². The molecule has 5 N–H and O–H groups in total. The van der Waals surface area contributed by atoms with E-state index in [1.807, 2.05) is 41.2 Å². The summed E-state index contributed by atoms with van der Waals surface area (Å²) < 4.78 is 55.3. The lowest BCUT2D eigenvalue weighted by Gasteiger charge is -2.17. The molecule has 0 saturated heterocycles. The fourth-order valence-corrected chi connectivity index (χ4v) is 7.58. The second-order valence-electron chi connectivity index (χ2n) is 14.8. The van der Waals surface area contributed by atoms with E-state index in [1.165, 1.54) is 17.7 Å². The third kappa shape index (κ3) is 14.5. The smallest absolute Gasteiger partial charge is 0.472 e. The quantitative estimate of drug-likeness (QED) is 0.0162. The summed E-state index contributed by atoms with van der Waals surface area (Å²) in [7, 11) is -4.79. The molecule has 2 atom stereocenters. The molecule has 0 saturated carbocycles. The van der Waals surface area contributed by atoms with Crippen molar-refractivity contribution in [2.24, 2.45) is 0 Å². The highest BCUT2D eigenvalue weighted by atomic mass is 32.2. The normalized spacial score (nSPS) is 12.8. The molecule has 15 heteroatoms. The number of aliphatic hydroxyl groups is 1. The highest BCUT2D eigenvalue weighted by molar-refractivity contribution is 7.90. The fraction of sp³-hybridized carbons (Fsp3) is 0.326. The van der Waals surface area contributed by atoms with Crippen molar-refractivity contribution in [1.29, 1.82) is 0 Å². The van der Waals surface area contributed by atoms with E-state index in [0.717, 1.165) is 81.4 Å². The second-order valence-corrected chi connectivity index (χ2v) is 17.4. The van der Waals surface area contributed by atoms with Crippen molar-refractivity contribution in [3.8, 4) is 39.7 Å². The summed E-state index contributed by atoms with van der Waals surface area (Å²) in [5.74, 6) is 0.522. The van der Waals surface area contributed by atoms with Gasteiger partial charge in [-0.25, -0.2) is 18.5 Å². The molecule has 2 unspecified atom stereocenters. The molecule has 12 nitrogen and oxygen atoms in total. The van der Waals surface area contributed by atoms with Crippen molar-refractivity contribution in [2.75, 3.05) is 39.4 Å². The molecular weight excluding hydrogens is 819 g/mol. The van der Waals surface area contributed by atoms with Gasteiger partial charge in [-0.05, 0) is 122 Å². The van der Waals surface area contributed by atoms with Gasteiger partial charge in [0.25, 0.3) is 0 Å². The van der Waals surface area contributed by atoms with Gasteiger partial charge in [0, 0.05) is 54.4 Å². The summed E-state index contributed by atoms with van der Waals surface area (Å²) >= 11 is -1.13. The zero-order valence-electron chi connectivity index (χ0n) is 34.3. The van der Waals surface area contributed by atoms with E-state index < -0.39 is 31.9 Å². The molecule has 0 spiro atoms. The van der Waals surface area contributed by atoms with Crippen LogP contribution in [-0.4, -0.2) is 73.3 Å². The number of aromatic nitrogens is 3. The number of aromatic amines is 1. The van der Waals surface area contributed by atoms with Crippen LogP contribution in [0.5, 0.6) is 5.75 Å². The summed E-state index contributed by atoms with van der Waals surface area (Å²) in [4.78, 5) is 27.6. The first-order chi connectivity index (χ1) is 29.5. The topological polar surface area (TPSA) is 174 Å². The van der Waals surface area contributed by atoms with E-state index in [2.05, 4.69) is 39.1 Å². The number of nitrogens with one attached hydrogen (secondary N) is 2. The molecule has 0 radical (unpaired) electrons. The Kier molecular flexibility index (Phi) is 17.3. The van der Waals surface area contributed by atoms with Crippen LogP contribution in [0.1, 0.15) is 61.3 Å². The predicted molar refractivity (Wildman–Crippen MR) is 236 cm³/mol. The number of ether oxygens (including phenoxy) is 2. The van der Waals surface area contributed by atoms with E-state index in [4.69, 9.17) is 14.5 Å². The largest absolute Gasteiger partial charge is 0.612 e. The van der Waals surface area contributed by atoms with Gasteiger partial charge in [0.2, 0.25) is 0 Å². The Morgan fingerprint density at radius 2 is 1.61 bits per heavy atom. The molecule has 0 aliphatic rings. The third-order valence-corrected chi connectivity index (χ3v) is 11.5. The van der Waals surface area contributed by atoms with Crippen LogP contribution >= 0.6 is 7.82 Å². The Hall–Kier alpha value is -4.60. The molecule has 0 amide bonds. The van der Waals surface area contributed by atoms with Crippen molar-refractivity contribution in [3.05, 3.63) is 138 Å². The standard InChI is InChI=1S/C46H54FN4O8PS/c1-61(56)41-22-18-36(19-23-41)46-49-44(35-16-20-40(47)21-17-35)45(50-46)39-24-26-51(32-39)31-38-15-14-37(29-43(38)58-33-59-60(53,54)55)42(52)30-48-25-8-2-3-9-27-57-28-10-7-13-34-11-5-4-6-12-34/h4-6,11-12,14-24,26,29,32,42,48,52H,2-3,7-10,13,25,27-28,30-31,33H2,1H3,(H,49,50)(H2,53,54,55). The van der Waals surface area contributed by atoms with Gasteiger partial charge < -0.3 is 43.8 Å². The molecule has 61 heavy (non-hydrogen) atoms. The maximum atomic E-state index is 13.9. The zero-order chi connectivity index (χ0) is 43.0. The number of benzene rings is 4. The highest BCUT2D eigenvalue weighted by Crippen LogP contribution is 2.37. The van der Waals surface area contributed by atoms with E-state index >= 15 is 0 Å². The summed E-state index contributed by atoms with van der Waals surface area (Å²) in [5.41, 5.74) is 6.23. The second kappa shape index (κ2) is 23.0. The van der Waals surface area contributed by atoms with Gasteiger partial charge in [-0.2, -0.15) is 0 Å². The monoisotopic (exact) mass is 872 g/mol. The Bertz CT molecular complexity index is 2280. The minimum atomic E-state index is -4.79. The summed E-state index contributed by atoms with van der Waals surface area (Å²) in [5, 5.41) is 14.4. The number of aryl methyl sites for hydroxylation is 1. The lowest BCUT2D eigenvalue weighted by Crippen LogP contribution is -2.22. The van der Waals surface area contributed by atoms with E-state index in [1.54, 1.807) is 48.7 Å². The number of H-pyrrole nitrogens is 1. The molecule has 0 aliphatic heterocycles. The number of phosphoric acid groups is 1. The van der Waals surface area contributed by atoms with Gasteiger partial charge in [0.05, 0.1) is 24.0 Å². The number of phosphoric ester groups is 1. The minimum Gasteiger partial charge on any atom is -0.612 e. The summed E-state index contributed by atoms with van der Waals surface area (Å²) in [6.45, 7) is 2.23. The number of imidazole rings is 1. The summed E-state index contributed by atoms with van der Waals surface area (Å²) in [6.07, 6.45) is 11.9. The highest BCUT2D eigenvalue weighted by Gasteiger charge is 2.19. The minimum absolute atomic E-state index is 0.296. The van der Waals surface area contributed by atoms with Gasteiger partial charge in [-0.15, -0.1) is 0 Å². The number of aliphatic hydroxyl groups excluding tert-OH is 1. The molecular formula is C46H54FN4O8PS. The van der Waals surface area contributed by atoms with Crippen LogP contribution in [0.25, 0.3) is 33.9 Å². The lowest BCUT2D eigenvalue weighted by molar-refractivity contribution is 0.0816. The van der Waals surface area contributed by atoms with Crippen molar-refractivity contribution in [3.63, 3.8) is 0 Å². The third-order valence-electron chi connectivity index (χ3n) is 10.2. The maximum absolute atomic E-state index is 13.9. The van der Waals surface area contributed by atoms with Crippen LogP contribution in [0, 0.1) is 5.82 Å². The molecule has 0 bridgehead atoms. The number of hydrogen-bond donors (Lipinski definition) is 5. The molecule has 6 aromatic rings. The van der Waals surface area contributed by atoms with E-state index in [-0.39, 0.29) is 5.82 Å². The number of rotatable bonds is 25. The van der Waals surface area contributed by atoms with Gasteiger partial charge in [-0.3, -0.25) is 0 Å². The van der Waals surface area contributed by atoms with Crippen LogP contribution in [-0.2, 0) is 38.0 Å². The Morgan fingerprint density at radius 3 is 2.34 bits per heavy atom. The predicted octanol–water partition coefficient (Wildman–Crippen LogP) is 8.81. The van der Waals surface area contributed by atoms with Crippen LogP contribution in [0.2, 0.25) is 0 Å². The zero-order valence-corrected chi connectivity index (χ0v) is 36.0. The van der Waals surface area contributed by atoms with Crippen LogP contribution in [0.3, 0.4) is 0 Å². The number of halogens is 1.